The van der Waals surface area contributed by atoms with Crippen LogP contribution in [-0.4, -0.2) is 69.5 Å². The monoisotopic (exact) mass is 198 g/mol. The van der Waals surface area contributed by atoms with E-state index in [1.807, 2.05) is 13.4 Å². The topological polar surface area (TPSA) is 30.9 Å². The van der Waals surface area contributed by atoms with Gasteiger partial charge in [-0.1, -0.05) is 0 Å². The molecular formula is C10H22N4. The Morgan fingerprint density at radius 2 is 2.14 bits per heavy atom. The molecular weight excluding hydrogens is 176 g/mol. The first kappa shape index (κ1) is 11.5. The minimum absolute atomic E-state index is 1.10. The van der Waals surface area contributed by atoms with Crippen LogP contribution in [0.3, 0.4) is 0 Å². The zero-order valence-electron chi connectivity index (χ0n) is 9.37. The molecule has 82 valence electrons. The standard InChI is InChI=1S/C10H22N4/c1-11-10-13(2)6-3-7-14-8-4-12-5-9-14/h10,12H,3-9H2,1-2H3. The summed E-state index contributed by atoms with van der Waals surface area (Å²) in [7, 11) is 3.89. The summed E-state index contributed by atoms with van der Waals surface area (Å²) in [6, 6.07) is 0. The molecule has 0 radical (unpaired) electrons. The maximum absolute atomic E-state index is 3.98. The van der Waals surface area contributed by atoms with Gasteiger partial charge in [0.1, 0.15) is 0 Å². The van der Waals surface area contributed by atoms with Crippen LogP contribution in [0.25, 0.3) is 0 Å². The zero-order chi connectivity index (χ0) is 10.2. The van der Waals surface area contributed by atoms with Crippen LogP contribution >= 0.6 is 0 Å². The van der Waals surface area contributed by atoms with Crippen LogP contribution in [0, 0.1) is 0 Å². The lowest BCUT2D eigenvalue weighted by Gasteiger charge is -2.27. The molecule has 4 heteroatoms. The fourth-order valence-corrected chi connectivity index (χ4v) is 1.73. The maximum Gasteiger partial charge on any atom is 0.0843 e. The van der Waals surface area contributed by atoms with Crippen molar-refractivity contribution in [3.8, 4) is 0 Å². The van der Waals surface area contributed by atoms with E-state index in [9.17, 15) is 0 Å². The molecule has 1 aliphatic rings. The van der Waals surface area contributed by atoms with Crippen LogP contribution < -0.4 is 5.32 Å². The summed E-state index contributed by atoms with van der Waals surface area (Å²) in [6.07, 6.45) is 3.11. The molecule has 1 aliphatic heterocycles. The van der Waals surface area contributed by atoms with Crippen LogP contribution in [0.15, 0.2) is 4.99 Å². The summed E-state index contributed by atoms with van der Waals surface area (Å²) < 4.78 is 0. The summed E-state index contributed by atoms with van der Waals surface area (Å²) in [5.41, 5.74) is 0. The molecule has 0 amide bonds. The van der Waals surface area contributed by atoms with E-state index >= 15 is 0 Å². The molecule has 1 rings (SSSR count). The minimum atomic E-state index is 1.10. The van der Waals surface area contributed by atoms with E-state index in [0.717, 1.165) is 19.6 Å². The van der Waals surface area contributed by atoms with E-state index < -0.39 is 0 Å². The first-order valence-corrected chi connectivity index (χ1v) is 5.38. The highest BCUT2D eigenvalue weighted by Crippen LogP contribution is 1.94. The lowest BCUT2D eigenvalue weighted by molar-refractivity contribution is 0.233. The first-order chi connectivity index (χ1) is 6.83. The van der Waals surface area contributed by atoms with Crippen molar-refractivity contribution in [1.82, 2.24) is 15.1 Å². The lowest BCUT2D eigenvalue weighted by atomic mass is 10.3. The van der Waals surface area contributed by atoms with Gasteiger partial charge in [-0.05, 0) is 13.0 Å². The summed E-state index contributed by atoms with van der Waals surface area (Å²) in [5, 5.41) is 3.36. The Balaban J connectivity index is 2.02. The van der Waals surface area contributed by atoms with Gasteiger partial charge in [0.15, 0.2) is 0 Å². The van der Waals surface area contributed by atoms with Gasteiger partial charge in [-0.3, -0.25) is 4.99 Å². The molecule has 0 aromatic heterocycles. The molecule has 14 heavy (non-hydrogen) atoms. The fourth-order valence-electron chi connectivity index (χ4n) is 1.73. The van der Waals surface area contributed by atoms with Crippen molar-refractivity contribution in [2.75, 3.05) is 53.4 Å². The van der Waals surface area contributed by atoms with Crippen molar-refractivity contribution in [2.24, 2.45) is 4.99 Å². The summed E-state index contributed by atoms with van der Waals surface area (Å²) in [5.74, 6) is 0. The molecule has 0 spiro atoms. The smallest absolute Gasteiger partial charge is 0.0843 e. The molecule has 0 aromatic rings. The second-order valence-corrected chi connectivity index (χ2v) is 3.80. The van der Waals surface area contributed by atoms with Crippen molar-refractivity contribution < 1.29 is 0 Å². The van der Waals surface area contributed by atoms with Crippen LogP contribution in [0.1, 0.15) is 6.42 Å². The second-order valence-electron chi connectivity index (χ2n) is 3.80. The molecule has 0 unspecified atom stereocenters. The van der Waals surface area contributed by atoms with E-state index in [0.29, 0.717) is 0 Å². The molecule has 1 saturated heterocycles. The largest absolute Gasteiger partial charge is 0.366 e. The first-order valence-electron chi connectivity index (χ1n) is 5.38. The second kappa shape index (κ2) is 6.79. The van der Waals surface area contributed by atoms with Crippen molar-refractivity contribution in [1.29, 1.82) is 0 Å². The van der Waals surface area contributed by atoms with Gasteiger partial charge in [-0.2, -0.15) is 0 Å². The van der Waals surface area contributed by atoms with Gasteiger partial charge < -0.3 is 15.1 Å². The Kier molecular flexibility index (Phi) is 5.56. The predicted molar refractivity (Wildman–Crippen MR) is 61.0 cm³/mol. The molecule has 0 aliphatic carbocycles. The Morgan fingerprint density at radius 1 is 1.43 bits per heavy atom. The highest BCUT2D eigenvalue weighted by molar-refractivity contribution is 5.53. The third-order valence-corrected chi connectivity index (χ3v) is 2.51. The quantitative estimate of drug-likeness (QED) is 0.493. The summed E-state index contributed by atoms with van der Waals surface area (Å²) in [4.78, 5) is 8.64. The van der Waals surface area contributed by atoms with E-state index in [2.05, 4.69) is 27.2 Å². The Morgan fingerprint density at radius 3 is 2.79 bits per heavy atom. The summed E-state index contributed by atoms with van der Waals surface area (Å²) >= 11 is 0. The van der Waals surface area contributed by atoms with Crippen molar-refractivity contribution in [3.05, 3.63) is 0 Å². The number of nitrogens with one attached hydrogen (secondary N) is 1. The van der Waals surface area contributed by atoms with Gasteiger partial charge in [0.05, 0.1) is 6.34 Å². The lowest BCUT2D eigenvalue weighted by Crippen LogP contribution is -2.44. The third kappa shape index (κ3) is 4.58. The van der Waals surface area contributed by atoms with Gasteiger partial charge in [-0.25, -0.2) is 0 Å². The van der Waals surface area contributed by atoms with Crippen molar-refractivity contribution in [2.45, 2.75) is 6.42 Å². The fraction of sp³-hybridized carbons (Fsp3) is 0.900. The molecule has 0 aromatic carbocycles. The summed E-state index contributed by atoms with van der Waals surface area (Å²) in [6.45, 7) is 7.00. The molecule has 0 atom stereocenters. The Bertz CT molecular complexity index is 164. The van der Waals surface area contributed by atoms with Crippen molar-refractivity contribution >= 4 is 6.34 Å². The minimum Gasteiger partial charge on any atom is -0.366 e. The molecule has 1 N–H and O–H groups in total. The molecule has 4 nitrogen and oxygen atoms in total. The number of rotatable bonds is 5. The number of nitrogens with zero attached hydrogens (tertiary/aromatic N) is 3. The predicted octanol–water partition coefficient (Wildman–Crippen LogP) is -0.128. The Labute approximate surface area is 87.0 Å². The average molecular weight is 198 g/mol. The number of aliphatic imine (C=N–C) groups is 1. The van der Waals surface area contributed by atoms with Crippen LogP contribution in [0.4, 0.5) is 0 Å². The highest BCUT2D eigenvalue weighted by atomic mass is 15.2. The van der Waals surface area contributed by atoms with Crippen molar-refractivity contribution in [3.63, 3.8) is 0 Å². The van der Waals surface area contributed by atoms with Gasteiger partial charge >= 0.3 is 0 Å². The van der Waals surface area contributed by atoms with E-state index in [-0.39, 0.29) is 0 Å². The van der Waals surface area contributed by atoms with Gasteiger partial charge in [0, 0.05) is 46.8 Å². The van der Waals surface area contributed by atoms with E-state index in [1.54, 1.807) is 0 Å². The average Bonchev–Trinajstić information content (AvgIpc) is 2.20. The molecule has 0 saturated carbocycles. The maximum atomic E-state index is 3.98. The number of hydrogen-bond donors (Lipinski definition) is 1. The van der Waals surface area contributed by atoms with Gasteiger partial charge in [0.25, 0.3) is 0 Å². The Hall–Kier alpha value is -0.610. The molecule has 0 bridgehead atoms. The molecule has 1 fully saturated rings. The molecule has 1 heterocycles. The SMILES string of the molecule is CN=CN(C)CCCN1CCNCC1. The highest BCUT2D eigenvalue weighted by Gasteiger charge is 2.08. The van der Waals surface area contributed by atoms with Crippen LogP contribution in [0.2, 0.25) is 0 Å². The zero-order valence-corrected chi connectivity index (χ0v) is 9.37. The van der Waals surface area contributed by atoms with E-state index in [4.69, 9.17) is 0 Å². The third-order valence-electron chi connectivity index (χ3n) is 2.51. The normalized spacial score (nSPS) is 19.0. The number of hydrogen-bond acceptors (Lipinski definition) is 3. The number of piperazine rings is 1. The van der Waals surface area contributed by atoms with Gasteiger partial charge in [-0.15, -0.1) is 0 Å². The van der Waals surface area contributed by atoms with Crippen LogP contribution in [0.5, 0.6) is 0 Å². The van der Waals surface area contributed by atoms with Gasteiger partial charge in [0.2, 0.25) is 0 Å². The van der Waals surface area contributed by atoms with Crippen LogP contribution in [-0.2, 0) is 0 Å². The van der Waals surface area contributed by atoms with E-state index in [1.165, 1.54) is 26.1 Å².